The van der Waals surface area contributed by atoms with Crippen molar-refractivity contribution in [3.05, 3.63) is 41.7 Å². The van der Waals surface area contributed by atoms with Crippen molar-refractivity contribution in [2.75, 3.05) is 47.8 Å². The Morgan fingerprint density at radius 3 is 2.87 bits per heavy atom. The second-order valence-corrected chi connectivity index (χ2v) is 7.23. The number of amides is 2. The molecule has 0 atom stereocenters. The number of hydrogen-bond donors (Lipinski definition) is 2. The van der Waals surface area contributed by atoms with E-state index >= 15 is 0 Å². The van der Waals surface area contributed by atoms with Crippen LogP contribution in [0, 0.1) is 12.7 Å². The largest absolute Gasteiger partial charge is 0.441 e. The van der Waals surface area contributed by atoms with Gasteiger partial charge in [-0.3, -0.25) is 4.90 Å². The van der Waals surface area contributed by atoms with Crippen molar-refractivity contribution in [2.45, 2.75) is 13.3 Å². The minimum Gasteiger partial charge on any atom is -0.441 e. The highest BCUT2D eigenvalue weighted by Crippen LogP contribution is 2.34. The highest BCUT2D eigenvalue weighted by atomic mass is 35.5. The van der Waals surface area contributed by atoms with Crippen LogP contribution in [-0.4, -0.2) is 48.7 Å². The van der Waals surface area contributed by atoms with Crippen LogP contribution in [0.25, 0.3) is 11.1 Å². The maximum Gasteiger partial charge on any atom is 0.327 e. The fourth-order valence-corrected chi connectivity index (χ4v) is 4.02. The van der Waals surface area contributed by atoms with Crippen LogP contribution in [0.3, 0.4) is 0 Å². The Labute approximate surface area is 178 Å². The van der Waals surface area contributed by atoms with Crippen LogP contribution in [0.1, 0.15) is 11.5 Å². The van der Waals surface area contributed by atoms with E-state index in [1.54, 1.807) is 18.0 Å². The third-order valence-electron chi connectivity index (χ3n) is 5.38. The fourth-order valence-electron chi connectivity index (χ4n) is 4.02. The SMILES string of the molecule is Cc1nc2cc(F)c(NC(=O)N3CCc4c(N5CCNCC5)ccnc43)cc2o1.Cl. The number of benzene rings is 1. The zero-order valence-electron chi connectivity index (χ0n) is 16.4. The number of fused-ring (bicyclic) bond motifs is 2. The van der Waals surface area contributed by atoms with Gasteiger partial charge in [0.25, 0.3) is 0 Å². The number of nitrogens with one attached hydrogen (secondary N) is 2. The molecule has 2 N–H and O–H groups in total. The van der Waals surface area contributed by atoms with Gasteiger partial charge in [0.1, 0.15) is 17.2 Å². The van der Waals surface area contributed by atoms with Crippen LogP contribution in [-0.2, 0) is 6.42 Å². The topological polar surface area (TPSA) is 86.5 Å². The third kappa shape index (κ3) is 3.54. The molecule has 8 nitrogen and oxygen atoms in total. The van der Waals surface area contributed by atoms with E-state index in [4.69, 9.17) is 4.42 Å². The van der Waals surface area contributed by atoms with Crippen LogP contribution in [0.4, 0.5) is 26.4 Å². The van der Waals surface area contributed by atoms with Gasteiger partial charge in [-0.25, -0.2) is 19.2 Å². The summed E-state index contributed by atoms with van der Waals surface area (Å²) in [4.78, 5) is 25.3. The molecule has 0 bridgehead atoms. The highest BCUT2D eigenvalue weighted by Gasteiger charge is 2.30. The van der Waals surface area contributed by atoms with E-state index in [-0.39, 0.29) is 18.1 Å². The predicted octanol–water partition coefficient (Wildman–Crippen LogP) is 3.10. The van der Waals surface area contributed by atoms with Crippen molar-refractivity contribution in [2.24, 2.45) is 0 Å². The molecule has 1 aromatic carbocycles. The zero-order valence-corrected chi connectivity index (χ0v) is 17.3. The summed E-state index contributed by atoms with van der Waals surface area (Å²) in [6.45, 7) is 5.91. The average Bonchev–Trinajstić information content (AvgIpc) is 3.31. The Balaban J connectivity index is 0.00000218. The Kier molecular flexibility index (Phi) is 5.48. The standard InChI is InChI=1S/C20H21FN6O2.ClH/c1-12-24-16-10-14(21)15(11-18(16)29-12)25-20(28)27-7-3-13-17(2-4-23-19(13)27)26-8-5-22-6-9-26;/h2,4,10-11,22H,3,5-9H2,1H3,(H,25,28);1H. The van der Waals surface area contributed by atoms with Crippen LogP contribution in [0.15, 0.2) is 28.8 Å². The molecule has 4 heterocycles. The van der Waals surface area contributed by atoms with E-state index in [2.05, 4.69) is 25.5 Å². The van der Waals surface area contributed by atoms with Crippen molar-refractivity contribution in [3.63, 3.8) is 0 Å². The van der Waals surface area contributed by atoms with Crippen molar-refractivity contribution < 1.29 is 13.6 Å². The van der Waals surface area contributed by atoms with E-state index in [9.17, 15) is 9.18 Å². The summed E-state index contributed by atoms with van der Waals surface area (Å²) in [7, 11) is 0. The van der Waals surface area contributed by atoms with E-state index in [1.165, 1.54) is 12.1 Å². The molecule has 1 fully saturated rings. The quantitative estimate of drug-likeness (QED) is 0.647. The summed E-state index contributed by atoms with van der Waals surface area (Å²) in [5.41, 5.74) is 3.10. The molecule has 0 radical (unpaired) electrons. The number of nitrogens with zero attached hydrogens (tertiary/aromatic N) is 4. The number of urea groups is 1. The van der Waals surface area contributed by atoms with Crippen molar-refractivity contribution in [3.8, 4) is 0 Å². The van der Waals surface area contributed by atoms with Crippen LogP contribution >= 0.6 is 12.4 Å². The van der Waals surface area contributed by atoms with Gasteiger partial charge in [0.05, 0.1) is 5.69 Å². The number of rotatable bonds is 2. The number of aromatic nitrogens is 2. The molecule has 2 aliphatic heterocycles. The summed E-state index contributed by atoms with van der Waals surface area (Å²) in [5.74, 6) is 0.526. The smallest absolute Gasteiger partial charge is 0.327 e. The predicted molar refractivity (Wildman–Crippen MR) is 115 cm³/mol. The lowest BCUT2D eigenvalue weighted by molar-refractivity contribution is 0.257. The molecule has 3 aromatic rings. The number of aryl methyl sites for hydroxylation is 1. The molecule has 0 aliphatic carbocycles. The second-order valence-electron chi connectivity index (χ2n) is 7.23. The van der Waals surface area contributed by atoms with E-state index in [0.29, 0.717) is 29.4 Å². The molecule has 2 aromatic heterocycles. The molecule has 0 saturated carbocycles. The lowest BCUT2D eigenvalue weighted by Crippen LogP contribution is -2.43. The van der Waals surface area contributed by atoms with Gasteiger partial charge in [-0.05, 0) is 12.5 Å². The number of halogens is 2. The normalized spacial score (nSPS) is 15.8. The molecule has 10 heteroatoms. The average molecular weight is 433 g/mol. The molecule has 2 aliphatic rings. The van der Waals surface area contributed by atoms with Crippen molar-refractivity contribution in [1.29, 1.82) is 0 Å². The van der Waals surface area contributed by atoms with E-state index in [1.807, 2.05) is 6.07 Å². The first-order valence-electron chi connectivity index (χ1n) is 9.69. The van der Waals surface area contributed by atoms with Gasteiger partial charge in [0.15, 0.2) is 11.5 Å². The Morgan fingerprint density at radius 1 is 1.27 bits per heavy atom. The van der Waals surface area contributed by atoms with Crippen LogP contribution in [0.2, 0.25) is 0 Å². The molecule has 5 rings (SSSR count). The first-order valence-corrected chi connectivity index (χ1v) is 9.69. The maximum atomic E-state index is 14.4. The number of carbonyl (C=O) groups excluding carboxylic acids is 1. The number of carbonyl (C=O) groups is 1. The zero-order chi connectivity index (χ0) is 20.0. The van der Waals surface area contributed by atoms with Crippen molar-refractivity contribution in [1.82, 2.24) is 15.3 Å². The summed E-state index contributed by atoms with van der Waals surface area (Å²) in [5, 5.41) is 6.00. The van der Waals surface area contributed by atoms with Gasteiger partial charge >= 0.3 is 6.03 Å². The number of oxazole rings is 1. The summed E-state index contributed by atoms with van der Waals surface area (Å²) >= 11 is 0. The molecule has 0 unspecified atom stereocenters. The Morgan fingerprint density at radius 2 is 2.07 bits per heavy atom. The summed E-state index contributed by atoms with van der Waals surface area (Å²) in [6, 6.07) is 4.32. The van der Waals surface area contributed by atoms with Gasteiger partial charge in [0.2, 0.25) is 0 Å². The molecular weight excluding hydrogens is 411 g/mol. The molecule has 2 amide bonds. The third-order valence-corrected chi connectivity index (χ3v) is 5.38. The lowest BCUT2D eigenvalue weighted by Gasteiger charge is -2.31. The van der Waals surface area contributed by atoms with E-state index in [0.717, 1.165) is 43.9 Å². The number of piperazine rings is 1. The monoisotopic (exact) mass is 432 g/mol. The van der Waals surface area contributed by atoms with Gasteiger partial charge in [0, 0.05) is 69.2 Å². The minimum absolute atomic E-state index is 0. The fraction of sp³-hybridized carbons (Fsp3) is 0.350. The van der Waals surface area contributed by atoms with Gasteiger partial charge in [-0.15, -0.1) is 12.4 Å². The first kappa shape index (κ1) is 20.4. The van der Waals surface area contributed by atoms with Gasteiger partial charge < -0.3 is 20.0 Å². The number of pyridine rings is 1. The maximum absolute atomic E-state index is 14.4. The Hall–Kier alpha value is -2.91. The number of hydrogen-bond acceptors (Lipinski definition) is 6. The van der Waals surface area contributed by atoms with Crippen molar-refractivity contribution >= 4 is 46.7 Å². The van der Waals surface area contributed by atoms with Gasteiger partial charge in [-0.1, -0.05) is 0 Å². The Bertz CT molecular complexity index is 1100. The van der Waals surface area contributed by atoms with E-state index < -0.39 is 11.8 Å². The summed E-state index contributed by atoms with van der Waals surface area (Å²) < 4.78 is 19.9. The van der Waals surface area contributed by atoms with Crippen LogP contribution in [0.5, 0.6) is 0 Å². The molecule has 0 spiro atoms. The lowest BCUT2D eigenvalue weighted by atomic mass is 10.1. The highest BCUT2D eigenvalue weighted by molar-refractivity contribution is 6.03. The molecule has 30 heavy (non-hydrogen) atoms. The minimum atomic E-state index is -0.555. The first-order chi connectivity index (χ1) is 14.1. The molecule has 1 saturated heterocycles. The van der Waals surface area contributed by atoms with Gasteiger partial charge in [-0.2, -0.15) is 0 Å². The number of anilines is 3. The molecule has 158 valence electrons. The van der Waals surface area contributed by atoms with Crippen LogP contribution < -0.4 is 20.4 Å². The molecular formula is C20H22ClFN6O2. The summed E-state index contributed by atoms with van der Waals surface area (Å²) in [6.07, 6.45) is 2.45. The second kappa shape index (κ2) is 8.08.